The number of amides is 1. The molecule has 3 aromatic rings. The molecular weight excluding hydrogens is 318 g/mol. The molecule has 0 aliphatic carbocycles. The second kappa shape index (κ2) is 5.94. The number of nitrogens with one attached hydrogen (secondary N) is 1. The van der Waals surface area contributed by atoms with E-state index in [1.54, 1.807) is 0 Å². The maximum absolute atomic E-state index is 12.8. The molecule has 1 fully saturated rings. The Kier molecular flexibility index (Phi) is 3.74. The lowest BCUT2D eigenvalue weighted by atomic mass is 9.95. The maximum atomic E-state index is 12.8. The fourth-order valence-corrected chi connectivity index (χ4v) is 3.52. The van der Waals surface area contributed by atoms with Gasteiger partial charge in [-0.25, -0.2) is 0 Å². The summed E-state index contributed by atoms with van der Waals surface area (Å²) in [7, 11) is 0. The molecule has 0 radical (unpaired) electrons. The molecule has 1 aliphatic heterocycles. The molecule has 1 aliphatic rings. The highest BCUT2D eigenvalue weighted by molar-refractivity contribution is 5.96. The van der Waals surface area contributed by atoms with Crippen molar-refractivity contribution in [3.05, 3.63) is 40.6 Å². The lowest BCUT2D eigenvalue weighted by molar-refractivity contribution is 0.0709. The van der Waals surface area contributed by atoms with Crippen LogP contribution in [0.1, 0.15) is 52.0 Å². The van der Waals surface area contributed by atoms with Crippen LogP contribution in [0.25, 0.3) is 5.65 Å². The fourth-order valence-electron chi connectivity index (χ4n) is 3.52. The number of hydrogen-bond acceptors (Lipinski definition) is 5. The molecule has 0 spiro atoms. The number of carbonyl (C=O) groups is 1. The van der Waals surface area contributed by atoms with Crippen molar-refractivity contribution in [1.29, 1.82) is 0 Å². The van der Waals surface area contributed by atoms with Crippen molar-refractivity contribution in [3.63, 3.8) is 0 Å². The molecule has 25 heavy (non-hydrogen) atoms. The van der Waals surface area contributed by atoms with E-state index in [1.807, 2.05) is 42.3 Å². The number of hydrogen-bond donors (Lipinski definition) is 1. The Balaban J connectivity index is 1.51. The van der Waals surface area contributed by atoms with Crippen molar-refractivity contribution in [1.82, 2.24) is 34.9 Å². The van der Waals surface area contributed by atoms with Crippen LogP contribution in [-0.2, 0) is 0 Å². The van der Waals surface area contributed by atoms with Crippen molar-refractivity contribution in [2.24, 2.45) is 0 Å². The summed E-state index contributed by atoms with van der Waals surface area (Å²) in [6, 6.07) is 3.87. The maximum Gasteiger partial charge on any atom is 0.257 e. The number of carbonyl (C=O) groups excluding carboxylic acids is 1. The second-order valence-corrected chi connectivity index (χ2v) is 6.68. The van der Waals surface area contributed by atoms with Crippen molar-refractivity contribution < 1.29 is 4.79 Å². The average Bonchev–Trinajstić information content (AvgIpc) is 3.17. The van der Waals surface area contributed by atoms with Crippen LogP contribution < -0.4 is 0 Å². The summed E-state index contributed by atoms with van der Waals surface area (Å²) in [6.07, 6.45) is 1.72. The highest BCUT2D eigenvalue weighted by atomic mass is 16.2. The number of piperidine rings is 1. The van der Waals surface area contributed by atoms with Crippen molar-refractivity contribution in [3.8, 4) is 0 Å². The third kappa shape index (κ3) is 2.67. The first-order valence-electron chi connectivity index (χ1n) is 8.54. The number of aromatic amines is 1. The first-order chi connectivity index (χ1) is 12.0. The Bertz CT molecular complexity index is 914. The zero-order valence-electron chi connectivity index (χ0n) is 14.7. The molecule has 4 rings (SSSR count). The van der Waals surface area contributed by atoms with Crippen LogP contribution >= 0.6 is 0 Å². The van der Waals surface area contributed by atoms with Crippen molar-refractivity contribution in [2.45, 2.75) is 39.5 Å². The minimum atomic E-state index is 0.0577. The predicted molar refractivity (Wildman–Crippen MR) is 91.5 cm³/mol. The Hall–Kier alpha value is -2.77. The van der Waals surface area contributed by atoms with E-state index in [1.165, 1.54) is 0 Å². The molecular formula is C17H21N7O. The van der Waals surface area contributed by atoms with Crippen LogP contribution in [0.15, 0.2) is 12.1 Å². The van der Waals surface area contributed by atoms with Gasteiger partial charge in [0.2, 0.25) is 0 Å². The van der Waals surface area contributed by atoms with E-state index in [9.17, 15) is 4.79 Å². The second-order valence-electron chi connectivity index (χ2n) is 6.68. The van der Waals surface area contributed by atoms with Crippen LogP contribution in [0.2, 0.25) is 0 Å². The number of rotatable bonds is 2. The number of likely N-dealkylation sites (tertiary alicyclic amines) is 1. The van der Waals surface area contributed by atoms with Gasteiger partial charge >= 0.3 is 0 Å². The third-order valence-electron chi connectivity index (χ3n) is 4.91. The molecule has 8 heteroatoms. The summed E-state index contributed by atoms with van der Waals surface area (Å²) < 4.78 is 1.84. The van der Waals surface area contributed by atoms with Gasteiger partial charge in [-0.05, 0) is 45.7 Å². The van der Waals surface area contributed by atoms with Gasteiger partial charge in [0, 0.05) is 24.7 Å². The van der Waals surface area contributed by atoms with E-state index < -0.39 is 0 Å². The zero-order chi connectivity index (χ0) is 17.6. The Morgan fingerprint density at radius 3 is 2.60 bits per heavy atom. The normalized spacial score (nSPS) is 15.9. The molecule has 0 saturated carbocycles. The summed E-state index contributed by atoms with van der Waals surface area (Å²) in [4.78, 5) is 14.7. The summed E-state index contributed by atoms with van der Waals surface area (Å²) in [5.74, 6) is 1.21. The van der Waals surface area contributed by atoms with E-state index in [-0.39, 0.29) is 11.8 Å². The number of fused-ring (bicyclic) bond motifs is 1. The SMILES string of the molecule is Cc1ccc2nnc(C3CCN(C(=O)c4c(C)n[nH]c4C)CC3)n2n1. The van der Waals surface area contributed by atoms with Crippen molar-refractivity contribution in [2.75, 3.05) is 13.1 Å². The fraction of sp³-hybridized carbons (Fsp3) is 0.471. The van der Waals surface area contributed by atoms with E-state index in [4.69, 9.17) is 0 Å². The largest absolute Gasteiger partial charge is 0.338 e. The zero-order valence-corrected chi connectivity index (χ0v) is 14.7. The van der Waals surface area contributed by atoms with Gasteiger partial charge < -0.3 is 4.90 Å². The first-order valence-corrected chi connectivity index (χ1v) is 8.54. The molecule has 130 valence electrons. The van der Waals surface area contributed by atoms with Crippen LogP contribution in [0, 0.1) is 20.8 Å². The standard InChI is InChI=1S/C17H21N7O/c1-10-4-5-14-20-21-16(24(14)22-10)13-6-8-23(9-7-13)17(25)15-11(2)18-19-12(15)3/h4-5,13H,6-9H2,1-3H3,(H,18,19). The number of H-pyrrole nitrogens is 1. The van der Waals surface area contributed by atoms with E-state index in [0.29, 0.717) is 18.7 Å². The summed E-state index contributed by atoms with van der Waals surface area (Å²) >= 11 is 0. The Morgan fingerprint density at radius 1 is 1.16 bits per heavy atom. The Morgan fingerprint density at radius 2 is 1.92 bits per heavy atom. The van der Waals surface area contributed by atoms with Crippen LogP contribution in [0.5, 0.6) is 0 Å². The van der Waals surface area contributed by atoms with E-state index in [2.05, 4.69) is 25.5 Å². The number of aromatic nitrogens is 6. The molecule has 0 aromatic carbocycles. The smallest absolute Gasteiger partial charge is 0.257 e. The molecule has 1 N–H and O–H groups in total. The topological polar surface area (TPSA) is 92.1 Å². The Labute approximate surface area is 145 Å². The van der Waals surface area contributed by atoms with E-state index in [0.717, 1.165) is 41.4 Å². The molecule has 0 bridgehead atoms. The van der Waals surface area contributed by atoms with Gasteiger partial charge in [0.15, 0.2) is 11.5 Å². The molecule has 8 nitrogen and oxygen atoms in total. The molecule has 0 atom stereocenters. The number of nitrogens with zero attached hydrogens (tertiary/aromatic N) is 6. The predicted octanol–water partition coefficient (Wildman–Crippen LogP) is 1.79. The number of aryl methyl sites for hydroxylation is 3. The summed E-state index contributed by atoms with van der Waals surface area (Å²) in [5.41, 5.74) is 3.99. The highest BCUT2D eigenvalue weighted by Crippen LogP contribution is 2.28. The monoisotopic (exact) mass is 339 g/mol. The quantitative estimate of drug-likeness (QED) is 0.768. The van der Waals surface area contributed by atoms with Crippen molar-refractivity contribution >= 4 is 11.6 Å². The lowest BCUT2D eigenvalue weighted by Crippen LogP contribution is -2.38. The van der Waals surface area contributed by atoms with Gasteiger partial charge in [-0.2, -0.15) is 14.7 Å². The molecule has 4 heterocycles. The van der Waals surface area contributed by atoms with Gasteiger partial charge in [0.25, 0.3) is 5.91 Å². The van der Waals surface area contributed by atoms with Gasteiger partial charge in [0.05, 0.1) is 17.0 Å². The first kappa shape index (κ1) is 15.7. The third-order valence-corrected chi connectivity index (χ3v) is 4.91. The minimum Gasteiger partial charge on any atom is -0.338 e. The summed E-state index contributed by atoms with van der Waals surface area (Å²) in [5, 5.41) is 20.1. The molecule has 1 amide bonds. The molecule has 1 saturated heterocycles. The van der Waals surface area contributed by atoms with Crippen LogP contribution in [-0.4, -0.2) is 53.9 Å². The van der Waals surface area contributed by atoms with Crippen LogP contribution in [0.4, 0.5) is 0 Å². The van der Waals surface area contributed by atoms with E-state index >= 15 is 0 Å². The highest BCUT2D eigenvalue weighted by Gasteiger charge is 2.29. The van der Waals surface area contributed by atoms with Gasteiger partial charge in [-0.15, -0.1) is 10.2 Å². The van der Waals surface area contributed by atoms with Gasteiger partial charge in [0.1, 0.15) is 0 Å². The van der Waals surface area contributed by atoms with Gasteiger partial charge in [-0.1, -0.05) is 0 Å². The lowest BCUT2D eigenvalue weighted by Gasteiger charge is -2.31. The van der Waals surface area contributed by atoms with Gasteiger partial charge in [-0.3, -0.25) is 9.89 Å². The minimum absolute atomic E-state index is 0.0577. The molecule has 3 aromatic heterocycles. The average molecular weight is 339 g/mol. The molecule has 0 unspecified atom stereocenters. The summed E-state index contributed by atoms with van der Waals surface area (Å²) in [6.45, 7) is 7.11. The van der Waals surface area contributed by atoms with Crippen LogP contribution in [0.3, 0.4) is 0 Å².